The fourth-order valence-electron chi connectivity index (χ4n) is 1.29. The normalized spacial score (nSPS) is 11.6. The van der Waals surface area contributed by atoms with Crippen LogP contribution in [0, 0.1) is 0 Å². The molecule has 0 aliphatic rings. The molecule has 0 spiro atoms. The molecule has 0 N–H and O–H groups in total. The molecule has 2 heterocycles. The summed E-state index contributed by atoms with van der Waals surface area (Å²) >= 11 is 0. The van der Waals surface area contributed by atoms with E-state index in [9.17, 15) is 4.79 Å². The minimum atomic E-state index is -0.374. The van der Waals surface area contributed by atoms with Gasteiger partial charge in [-0.2, -0.15) is 4.80 Å². The molecule has 18 heavy (non-hydrogen) atoms. The number of rotatable bonds is 4. The van der Waals surface area contributed by atoms with Crippen LogP contribution in [-0.4, -0.2) is 33.3 Å². The van der Waals surface area contributed by atoms with Crippen LogP contribution in [0.4, 0.5) is 0 Å². The molecule has 0 unspecified atom stereocenters. The van der Waals surface area contributed by atoms with Crippen molar-refractivity contribution in [2.45, 2.75) is 13.5 Å². The molecule has 2 rings (SSSR count). The van der Waals surface area contributed by atoms with Crippen molar-refractivity contribution >= 4 is 5.97 Å². The zero-order valence-corrected chi connectivity index (χ0v) is 10.0. The van der Waals surface area contributed by atoms with Gasteiger partial charge in [0.1, 0.15) is 0 Å². The van der Waals surface area contributed by atoms with E-state index in [2.05, 4.69) is 20.1 Å². The Kier molecular flexibility index (Phi) is 3.52. The van der Waals surface area contributed by atoms with Crippen molar-refractivity contribution in [2.75, 3.05) is 7.11 Å². The zero-order valence-electron chi connectivity index (χ0n) is 10.0. The molecule has 7 heteroatoms. The number of tetrazole rings is 1. The van der Waals surface area contributed by atoms with E-state index >= 15 is 0 Å². The summed E-state index contributed by atoms with van der Waals surface area (Å²) in [6, 6.07) is 3.49. The maximum Gasteiger partial charge on any atom is 0.333 e. The zero-order chi connectivity index (χ0) is 13.0. The third-order valence-corrected chi connectivity index (χ3v) is 2.26. The van der Waals surface area contributed by atoms with E-state index in [1.54, 1.807) is 25.1 Å². The van der Waals surface area contributed by atoms with Gasteiger partial charge in [-0.15, -0.1) is 10.2 Å². The van der Waals surface area contributed by atoms with E-state index in [-0.39, 0.29) is 5.97 Å². The average molecular weight is 248 g/mol. The van der Waals surface area contributed by atoms with Crippen LogP contribution in [-0.2, 0) is 16.1 Å². The van der Waals surface area contributed by atoms with Crippen molar-refractivity contribution in [2.24, 2.45) is 0 Å². The molecule has 0 amide bonds. The van der Waals surface area contributed by atoms with Crippen molar-refractivity contribution in [1.82, 2.24) is 20.2 Å². The van der Waals surface area contributed by atoms with Gasteiger partial charge in [-0.05, 0) is 24.3 Å². The van der Waals surface area contributed by atoms with Crippen LogP contribution >= 0.6 is 0 Å². The van der Waals surface area contributed by atoms with E-state index in [1.165, 1.54) is 18.2 Å². The van der Waals surface area contributed by atoms with Crippen molar-refractivity contribution in [3.63, 3.8) is 0 Å². The summed E-state index contributed by atoms with van der Waals surface area (Å²) in [6.45, 7) is 2.00. The van der Waals surface area contributed by atoms with Crippen LogP contribution in [0.2, 0.25) is 0 Å². The number of carbonyl (C=O) groups is 1. The molecule has 0 aliphatic carbocycles. The average Bonchev–Trinajstić information content (AvgIpc) is 3.04. The number of hydrogen-bond acceptors (Lipinski definition) is 6. The van der Waals surface area contributed by atoms with E-state index in [4.69, 9.17) is 4.42 Å². The summed E-state index contributed by atoms with van der Waals surface area (Å²) < 4.78 is 9.72. The second-order valence-corrected chi connectivity index (χ2v) is 3.52. The summed E-state index contributed by atoms with van der Waals surface area (Å²) in [7, 11) is 1.34. The van der Waals surface area contributed by atoms with Crippen molar-refractivity contribution in [3.05, 3.63) is 30.0 Å². The molecule has 2 aromatic rings. The predicted molar refractivity (Wildman–Crippen MR) is 61.3 cm³/mol. The van der Waals surface area contributed by atoms with Gasteiger partial charge in [-0.3, -0.25) is 0 Å². The molecule has 7 nitrogen and oxygen atoms in total. The Morgan fingerprint density at radius 1 is 1.61 bits per heavy atom. The van der Waals surface area contributed by atoms with Gasteiger partial charge in [0, 0.05) is 5.57 Å². The first-order chi connectivity index (χ1) is 8.70. The third kappa shape index (κ3) is 2.62. The predicted octanol–water partition coefficient (Wildman–Crippen LogP) is 1.05. The summed E-state index contributed by atoms with van der Waals surface area (Å²) in [5, 5.41) is 11.8. The molecular weight excluding hydrogens is 236 g/mol. The number of esters is 1. The lowest BCUT2D eigenvalue weighted by Crippen LogP contribution is -2.05. The van der Waals surface area contributed by atoms with Crippen molar-refractivity contribution in [1.29, 1.82) is 0 Å². The van der Waals surface area contributed by atoms with Gasteiger partial charge >= 0.3 is 5.97 Å². The molecule has 0 bridgehead atoms. The SMILES string of the molecule is COC(=O)C(C)=CCn1nnc(-c2ccco2)n1. The topological polar surface area (TPSA) is 83.0 Å². The van der Waals surface area contributed by atoms with Crippen LogP contribution in [0.5, 0.6) is 0 Å². The van der Waals surface area contributed by atoms with E-state index in [0.717, 1.165) is 0 Å². The van der Waals surface area contributed by atoms with Crippen LogP contribution in [0.1, 0.15) is 6.92 Å². The molecule has 0 saturated carbocycles. The largest absolute Gasteiger partial charge is 0.466 e. The highest BCUT2D eigenvalue weighted by atomic mass is 16.5. The lowest BCUT2D eigenvalue weighted by atomic mass is 10.3. The highest BCUT2D eigenvalue weighted by Crippen LogP contribution is 2.12. The number of hydrogen-bond donors (Lipinski definition) is 0. The van der Waals surface area contributed by atoms with Gasteiger partial charge in [0.2, 0.25) is 5.82 Å². The van der Waals surface area contributed by atoms with E-state index in [1.807, 2.05) is 0 Å². The molecule has 2 aromatic heterocycles. The second-order valence-electron chi connectivity index (χ2n) is 3.52. The Balaban J connectivity index is 2.06. The number of allylic oxidation sites excluding steroid dienone is 1. The number of carbonyl (C=O) groups excluding carboxylic acids is 1. The minimum Gasteiger partial charge on any atom is -0.466 e. The van der Waals surface area contributed by atoms with Gasteiger partial charge in [-0.1, -0.05) is 6.08 Å². The molecule has 0 aromatic carbocycles. The molecule has 0 saturated heterocycles. The van der Waals surface area contributed by atoms with Crippen LogP contribution in [0.25, 0.3) is 11.6 Å². The Morgan fingerprint density at radius 2 is 2.44 bits per heavy atom. The lowest BCUT2D eigenvalue weighted by Gasteiger charge is -1.97. The molecule has 94 valence electrons. The number of nitrogens with zero attached hydrogens (tertiary/aromatic N) is 4. The summed E-state index contributed by atoms with van der Waals surface area (Å²) in [5.41, 5.74) is 0.495. The monoisotopic (exact) mass is 248 g/mol. The maximum absolute atomic E-state index is 11.2. The quantitative estimate of drug-likeness (QED) is 0.594. The van der Waals surface area contributed by atoms with E-state index < -0.39 is 0 Å². The Bertz CT molecular complexity index is 557. The van der Waals surface area contributed by atoms with Gasteiger partial charge in [0.05, 0.1) is 19.9 Å². The summed E-state index contributed by atoms with van der Waals surface area (Å²) in [5.74, 6) is 0.584. The fraction of sp³-hybridized carbons (Fsp3) is 0.273. The Morgan fingerprint density at radius 3 is 3.11 bits per heavy atom. The first kappa shape index (κ1) is 12.0. The maximum atomic E-state index is 11.2. The van der Waals surface area contributed by atoms with Gasteiger partial charge in [0.25, 0.3) is 0 Å². The summed E-state index contributed by atoms with van der Waals surface area (Å²) in [4.78, 5) is 12.5. The number of furan rings is 1. The molecule has 0 fully saturated rings. The molecule has 0 radical (unpaired) electrons. The third-order valence-electron chi connectivity index (χ3n) is 2.26. The highest BCUT2D eigenvalue weighted by Gasteiger charge is 2.08. The first-order valence-electron chi connectivity index (χ1n) is 5.27. The smallest absolute Gasteiger partial charge is 0.333 e. The van der Waals surface area contributed by atoms with Crippen LogP contribution in [0.15, 0.2) is 34.5 Å². The lowest BCUT2D eigenvalue weighted by molar-refractivity contribution is -0.136. The fourth-order valence-corrected chi connectivity index (χ4v) is 1.29. The second kappa shape index (κ2) is 5.26. The molecule has 0 atom stereocenters. The highest BCUT2D eigenvalue weighted by molar-refractivity contribution is 5.87. The van der Waals surface area contributed by atoms with Crippen LogP contribution in [0.3, 0.4) is 0 Å². The van der Waals surface area contributed by atoms with Gasteiger partial charge in [-0.25, -0.2) is 4.79 Å². The number of ether oxygens (including phenoxy) is 1. The van der Waals surface area contributed by atoms with Gasteiger partial charge in [0.15, 0.2) is 5.76 Å². The molecular formula is C11H12N4O3. The number of aromatic nitrogens is 4. The molecule has 0 aliphatic heterocycles. The standard InChI is InChI=1S/C11H12N4O3/c1-8(11(16)17-2)5-6-15-13-10(12-14-15)9-4-3-7-18-9/h3-5,7H,6H2,1-2H3. The first-order valence-corrected chi connectivity index (χ1v) is 5.27. The minimum absolute atomic E-state index is 0.342. The summed E-state index contributed by atoms with van der Waals surface area (Å²) in [6.07, 6.45) is 3.21. The van der Waals surface area contributed by atoms with Gasteiger partial charge < -0.3 is 9.15 Å². The number of methoxy groups -OCH3 is 1. The Labute approximate surface area is 103 Å². The van der Waals surface area contributed by atoms with E-state index in [0.29, 0.717) is 23.7 Å². The van der Waals surface area contributed by atoms with Crippen molar-refractivity contribution in [3.8, 4) is 11.6 Å². The van der Waals surface area contributed by atoms with Crippen molar-refractivity contribution < 1.29 is 13.9 Å². The van der Waals surface area contributed by atoms with Crippen LogP contribution < -0.4 is 0 Å². The Hall–Kier alpha value is -2.44.